The van der Waals surface area contributed by atoms with Gasteiger partial charge in [0.1, 0.15) is 5.60 Å². The average Bonchev–Trinajstić information content (AvgIpc) is 3.18. The zero-order valence-electron chi connectivity index (χ0n) is 16.3. The molecule has 2 aliphatic heterocycles. The molecule has 0 unspecified atom stereocenters. The summed E-state index contributed by atoms with van der Waals surface area (Å²) >= 11 is 0. The van der Waals surface area contributed by atoms with Crippen LogP contribution < -0.4 is 0 Å². The van der Waals surface area contributed by atoms with E-state index in [1.807, 2.05) is 18.0 Å². The number of aromatic nitrogens is 2. The number of amides is 1. The molecule has 1 aromatic carbocycles. The summed E-state index contributed by atoms with van der Waals surface area (Å²) in [7, 11) is 0. The number of nitrogens with one attached hydrogen (secondary N) is 1. The molecule has 4 rings (SSSR count). The molecular formula is C22H29N3O2. The molecule has 2 fully saturated rings. The third-order valence-corrected chi connectivity index (χ3v) is 6.22. The first kappa shape index (κ1) is 18.2. The van der Waals surface area contributed by atoms with Crippen LogP contribution in [0, 0.1) is 6.92 Å². The lowest BCUT2D eigenvalue weighted by molar-refractivity contribution is -0.163. The predicted octanol–water partition coefficient (Wildman–Crippen LogP) is 4.05. The van der Waals surface area contributed by atoms with Gasteiger partial charge in [-0.1, -0.05) is 24.3 Å². The van der Waals surface area contributed by atoms with Crippen molar-refractivity contribution in [1.29, 1.82) is 0 Å². The minimum atomic E-state index is -0.620. The van der Waals surface area contributed by atoms with E-state index >= 15 is 0 Å². The molecule has 0 bridgehead atoms. The second kappa shape index (κ2) is 7.47. The Morgan fingerprint density at radius 3 is 2.70 bits per heavy atom. The molecule has 1 atom stereocenters. The van der Waals surface area contributed by atoms with Crippen LogP contribution in [0.25, 0.3) is 11.1 Å². The monoisotopic (exact) mass is 367 g/mol. The van der Waals surface area contributed by atoms with E-state index in [2.05, 4.69) is 41.4 Å². The molecule has 2 aromatic rings. The van der Waals surface area contributed by atoms with Gasteiger partial charge in [0.15, 0.2) is 0 Å². The summed E-state index contributed by atoms with van der Waals surface area (Å²) in [5.74, 6) is 0.579. The minimum Gasteiger partial charge on any atom is -0.365 e. The second-order valence-electron chi connectivity index (χ2n) is 8.12. The molecule has 0 spiro atoms. The van der Waals surface area contributed by atoms with E-state index < -0.39 is 5.60 Å². The van der Waals surface area contributed by atoms with Crippen LogP contribution in [-0.2, 0) is 9.53 Å². The molecule has 5 heteroatoms. The zero-order chi connectivity index (χ0) is 18.9. The summed E-state index contributed by atoms with van der Waals surface area (Å²) < 4.78 is 5.86. The number of rotatable bonds is 3. The number of piperidine rings is 1. The van der Waals surface area contributed by atoms with E-state index in [0.717, 1.165) is 45.2 Å². The molecule has 0 aliphatic carbocycles. The number of nitrogens with zero attached hydrogens (tertiary/aromatic N) is 2. The van der Waals surface area contributed by atoms with Gasteiger partial charge < -0.3 is 9.64 Å². The maximum Gasteiger partial charge on any atom is 0.254 e. The van der Waals surface area contributed by atoms with Gasteiger partial charge in [0.25, 0.3) is 5.91 Å². The molecule has 144 valence electrons. The Hall–Kier alpha value is -2.14. The van der Waals surface area contributed by atoms with Gasteiger partial charge in [0.05, 0.1) is 6.20 Å². The summed E-state index contributed by atoms with van der Waals surface area (Å²) in [5.41, 5.74) is 4.28. The number of H-pyrrole nitrogens is 1. The van der Waals surface area contributed by atoms with Crippen LogP contribution in [0.4, 0.5) is 0 Å². The zero-order valence-corrected chi connectivity index (χ0v) is 16.3. The summed E-state index contributed by atoms with van der Waals surface area (Å²) in [6.45, 7) is 6.38. The number of benzene rings is 1. The van der Waals surface area contributed by atoms with E-state index in [1.54, 1.807) is 0 Å². The highest BCUT2D eigenvalue weighted by Gasteiger charge is 2.40. The molecule has 1 amide bonds. The van der Waals surface area contributed by atoms with Crippen molar-refractivity contribution in [3.8, 4) is 11.1 Å². The summed E-state index contributed by atoms with van der Waals surface area (Å²) in [6.07, 6.45) is 6.83. The molecule has 2 aliphatic rings. The summed E-state index contributed by atoms with van der Waals surface area (Å²) in [5, 5.41) is 7.57. The number of hydrogen-bond donors (Lipinski definition) is 1. The first-order valence-corrected chi connectivity index (χ1v) is 10.1. The van der Waals surface area contributed by atoms with Crippen molar-refractivity contribution in [3.63, 3.8) is 0 Å². The van der Waals surface area contributed by atoms with Gasteiger partial charge in [-0.25, -0.2) is 0 Å². The van der Waals surface area contributed by atoms with Crippen molar-refractivity contribution < 1.29 is 9.53 Å². The molecular weight excluding hydrogens is 338 g/mol. The van der Waals surface area contributed by atoms with E-state index in [9.17, 15) is 4.79 Å². The van der Waals surface area contributed by atoms with Crippen LogP contribution in [0.2, 0.25) is 0 Å². The maximum atomic E-state index is 13.0. The smallest absolute Gasteiger partial charge is 0.254 e. The van der Waals surface area contributed by atoms with Crippen LogP contribution in [0.3, 0.4) is 0 Å². The molecule has 1 aromatic heterocycles. The van der Waals surface area contributed by atoms with Gasteiger partial charge in [0.2, 0.25) is 0 Å². The summed E-state index contributed by atoms with van der Waals surface area (Å²) in [6, 6.07) is 8.43. The fourth-order valence-corrected chi connectivity index (χ4v) is 4.51. The molecule has 2 saturated heterocycles. The third-order valence-electron chi connectivity index (χ3n) is 6.22. The van der Waals surface area contributed by atoms with Gasteiger partial charge in [-0.3, -0.25) is 9.89 Å². The molecule has 27 heavy (non-hydrogen) atoms. The number of hydrogen-bond acceptors (Lipinski definition) is 3. The van der Waals surface area contributed by atoms with Crippen LogP contribution >= 0.6 is 0 Å². The highest BCUT2D eigenvalue weighted by molar-refractivity contribution is 5.85. The SMILES string of the molecule is Cc1ccccc1-c1cn[nH]c1C1CCN(C(=O)[C@]2(C)CCCCO2)CC1. The molecule has 1 N–H and O–H groups in total. The van der Waals surface area contributed by atoms with Crippen LogP contribution in [-0.4, -0.2) is 46.3 Å². The fraction of sp³-hybridized carbons (Fsp3) is 0.545. The first-order valence-electron chi connectivity index (χ1n) is 10.1. The van der Waals surface area contributed by atoms with Gasteiger partial charge in [-0.2, -0.15) is 5.10 Å². The standard InChI is InChI=1S/C22H29N3O2/c1-16-7-3-4-8-18(16)19-15-23-24-20(19)17-9-12-25(13-10-17)21(26)22(2)11-5-6-14-27-22/h3-4,7-8,15,17H,5-6,9-14H2,1-2H3,(H,23,24)/t22-/m0/s1. The van der Waals surface area contributed by atoms with Gasteiger partial charge in [-0.05, 0) is 57.1 Å². The number of aromatic amines is 1. The predicted molar refractivity (Wildman–Crippen MR) is 106 cm³/mol. The number of carbonyl (C=O) groups is 1. The normalized spacial score (nSPS) is 24.1. The highest BCUT2D eigenvalue weighted by Crippen LogP contribution is 2.36. The molecule has 5 nitrogen and oxygen atoms in total. The Labute approximate surface area is 161 Å². The largest absolute Gasteiger partial charge is 0.365 e. The maximum absolute atomic E-state index is 13.0. The van der Waals surface area contributed by atoms with Crippen LogP contribution in [0.1, 0.15) is 56.2 Å². The van der Waals surface area contributed by atoms with Crippen molar-refractivity contribution in [2.75, 3.05) is 19.7 Å². The van der Waals surface area contributed by atoms with Gasteiger partial charge >= 0.3 is 0 Å². The van der Waals surface area contributed by atoms with Crippen LogP contribution in [0.15, 0.2) is 30.5 Å². The lowest BCUT2D eigenvalue weighted by atomic mass is 9.87. The summed E-state index contributed by atoms with van der Waals surface area (Å²) in [4.78, 5) is 15.0. The quantitative estimate of drug-likeness (QED) is 0.890. The Morgan fingerprint density at radius 2 is 2.00 bits per heavy atom. The van der Waals surface area contributed by atoms with E-state index in [4.69, 9.17) is 4.74 Å². The lowest BCUT2D eigenvalue weighted by Gasteiger charge is -2.40. The topological polar surface area (TPSA) is 58.2 Å². The number of aryl methyl sites for hydroxylation is 1. The Morgan fingerprint density at radius 1 is 1.22 bits per heavy atom. The van der Waals surface area contributed by atoms with E-state index in [1.165, 1.54) is 22.4 Å². The third kappa shape index (κ3) is 3.53. The Kier molecular flexibility index (Phi) is 5.04. The van der Waals surface area contributed by atoms with Gasteiger partial charge in [0, 0.05) is 36.9 Å². The molecule has 0 saturated carbocycles. The Bertz CT molecular complexity index is 799. The first-order chi connectivity index (χ1) is 13.1. The molecule has 3 heterocycles. The van der Waals surface area contributed by atoms with E-state index in [-0.39, 0.29) is 5.91 Å². The lowest BCUT2D eigenvalue weighted by Crippen LogP contribution is -2.52. The van der Waals surface area contributed by atoms with Crippen molar-refractivity contribution in [3.05, 3.63) is 41.7 Å². The fourth-order valence-electron chi connectivity index (χ4n) is 4.51. The second-order valence-corrected chi connectivity index (χ2v) is 8.12. The van der Waals surface area contributed by atoms with Crippen molar-refractivity contribution >= 4 is 5.91 Å². The Balaban J connectivity index is 1.46. The number of carbonyl (C=O) groups excluding carboxylic acids is 1. The van der Waals surface area contributed by atoms with Gasteiger partial charge in [-0.15, -0.1) is 0 Å². The average molecular weight is 367 g/mol. The number of ether oxygens (including phenoxy) is 1. The number of likely N-dealkylation sites (tertiary alicyclic amines) is 1. The van der Waals surface area contributed by atoms with Crippen molar-refractivity contribution in [2.45, 2.75) is 57.5 Å². The van der Waals surface area contributed by atoms with Crippen molar-refractivity contribution in [1.82, 2.24) is 15.1 Å². The highest BCUT2D eigenvalue weighted by atomic mass is 16.5. The van der Waals surface area contributed by atoms with Crippen LogP contribution in [0.5, 0.6) is 0 Å². The van der Waals surface area contributed by atoms with E-state index in [0.29, 0.717) is 12.5 Å². The minimum absolute atomic E-state index is 0.171. The van der Waals surface area contributed by atoms with Crippen molar-refractivity contribution in [2.24, 2.45) is 0 Å². The molecule has 0 radical (unpaired) electrons.